The summed E-state index contributed by atoms with van der Waals surface area (Å²) in [5, 5.41) is 0.871. The third-order valence-corrected chi connectivity index (χ3v) is 7.01. The Hall–Kier alpha value is -4.24. The van der Waals surface area contributed by atoms with E-state index in [0.717, 1.165) is 37.7 Å². The number of hydrogen-bond donors (Lipinski definition) is 0. The van der Waals surface area contributed by atoms with Crippen LogP contribution in [0.4, 0.5) is 0 Å². The molecule has 0 aliphatic carbocycles. The van der Waals surface area contributed by atoms with E-state index in [9.17, 15) is 0 Å². The van der Waals surface area contributed by atoms with Gasteiger partial charge in [0.1, 0.15) is 9.71 Å². The topological polar surface area (TPSA) is 76.9 Å². The molecule has 0 atom stereocenters. The van der Waals surface area contributed by atoms with Crippen LogP contribution >= 0.6 is 11.3 Å². The molecule has 0 unspecified atom stereocenters. The number of fused-ring (bicyclic) bond motifs is 1. The fourth-order valence-corrected chi connectivity index (χ4v) is 5.19. The lowest BCUT2D eigenvalue weighted by molar-refractivity contribution is 0.327. The van der Waals surface area contributed by atoms with Crippen LogP contribution in [0.15, 0.2) is 61.1 Å². The Bertz CT molecular complexity index is 1530. The summed E-state index contributed by atoms with van der Waals surface area (Å²) in [4.78, 5) is 9.20. The molecule has 2 heterocycles. The molecule has 0 spiro atoms. The van der Waals surface area contributed by atoms with Gasteiger partial charge in [0.25, 0.3) is 0 Å². The van der Waals surface area contributed by atoms with Crippen LogP contribution in [0.5, 0.6) is 28.7 Å². The molecule has 0 aliphatic rings. The minimum Gasteiger partial charge on any atom is -0.493 e. The van der Waals surface area contributed by atoms with E-state index in [1.807, 2.05) is 59.3 Å². The number of methoxy groups -OCH3 is 5. The number of thiazole rings is 1. The smallest absolute Gasteiger partial charge is 0.204 e. The van der Waals surface area contributed by atoms with Crippen molar-refractivity contribution >= 4 is 21.6 Å². The first-order chi connectivity index (χ1) is 17.6. The van der Waals surface area contributed by atoms with E-state index in [2.05, 4.69) is 4.98 Å². The monoisotopic (exact) mass is 503 g/mol. The Morgan fingerprint density at radius 1 is 0.694 bits per heavy atom. The number of ether oxygens (including phenoxy) is 5. The molecule has 0 aliphatic heterocycles. The highest BCUT2D eigenvalue weighted by Gasteiger charge is 2.20. The normalized spacial score (nSPS) is 10.9. The summed E-state index contributed by atoms with van der Waals surface area (Å²) in [5.41, 5.74) is 4.66. The Morgan fingerprint density at radius 2 is 1.39 bits per heavy atom. The van der Waals surface area contributed by atoms with Gasteiger partial charge in [-0.25, -0.2) is 9.97 Å². The van der Waals surface area contributed by atoms with E-state index in [-0.39, 0.29) is 0 Å². The fourth-order valence-electron chi connectivity index (χ4n) is 4.13. The van der Waals surface area contributed by atoms with Gasteiger partial charge in [-0.1, -0.05) is 0 Å². The van der Waals surface area contributed by atoms with E-state index in [1.54, 1.807) is 53.2 Å². The van der Waals surface area contributed by atoms with Crippen molar-refractivity contribution in [2.45, 2.75) is 0 Å². The maximum absolute atomic E-state index is 5.63. The SMILES string of the molecule is COc1ccc(-c2cncn2-c2ccc(-c3nc4cc(OC)c(OC)c(OC)c4s3)cc2)cc1OC. The van der Waals surface area contributed by atoms with Gasteiger partial charge < -0.3 is 23.7 Å². The van der Waals surface area contributed by atoms with Crippen LogP contribution in [0.1, 0.15) is 0 Å². The van der Waals surface area contributed by atoms with Crippen LogP contribution in [-0.4, -0.2) is 50.1 Å². The molecule has 0 amide bonds. The second-order valence-corrected chi connectivity index (χ2v) is 8.78. The molecule has 3 aromatic carbocycles. The van der Waals surface area contributed by atoms with E-state index < -0.39 is 0 Å². The number of imidazole rings is 1. The Kier molecular flexibility index (Phi) is 6.39. The number of benzene rings is 3. The summed E-state index contributed by atoms with van der Waals surface area (Å²) in [6.45, 7) is 0. The van der Waals surface area contributed by atoms with Crippen molar-refractivity contribution in [3.63, 3.8) is 0 Å². The number of hydrogen-bond acceptors (Lipinski definition) is 8. The number of aromatic nitrogens is 3. The highest BCUT2D eigenvalue weighted by atomic mass is 32.1. The largest absolute Gasteiger partial charge is 0.493 e. The Balaban J connectivity index is 1.51. The average Bonchev–Trinajstić information content (AvgIpc) is 3.59. The third-order valence-electron chi connectivity index (χ3n) is 5.90. The highest BCUT2D eigenvalue weighted by Crippen LogP contribution is 2.47. The summed E-state index contributed by atoms with van der Waals surface area (Å²) in [6, 6.07) is 15.9. The first-order valence-corrected chi connectivity index (χ1v) is 11.9. The second kappa shape index (κ2) is 9.79. The van der Waals surface area contributed by atoms with Crippen LogP contribution in [-0.2, 0) is 0 Å². The quantitative estimate of drug-likeness (QED) is 0.263. The first kappa shape index (κ1) is 23.5. The first-order valence-electron chi connectivity index (χ1n) is 11.1. The van der Waals surface area contributed by atoms with Crippen molar-refractivity contribution < 1.29 is 23.7 Å². The van der Waals surface area contributed by atoms with Crippen molar-refractivity contribution in [1.29, 1.82) is 0 Å². The lowest BCUT2D eigenvalue weighted by Gasteiger charge is -2.12. The molecule has 5 rings (SSSR count). The van der Waals surface area contributed by atoms with Crippen molar-refractivity contribution in [3.8, 4) is 56.3 Å². The summed E-state index contributed by atoms with van der Waals surface area (Å²) in [6.07, 6.45) is 3.62. The van der Waals surface area contributed by atoms with E-state index in [0.29, 0.717) is 28.7 Å². The van der Waals surface area contributed by atoms with Crippen molar-refractivity contribution in [2.24, 2.45) is 0 Å². The molecule has 0 radical (unpaired) electrons. The van der Waals surface area contributed by atoms with Gasteiger partial charge in [-0.2, -0.15) is 0 Å². The van der Waals surface area contributed by atoms with Crippen LogP contribution in [0.2, 0.25) is 0 Å². The molecule has 2 aromatic heterocycles. The van der Waals surface area contributed by atoms with Gasteiger partial charge in [-0.15, -0.1) is 11.3 Å². The van der Waals surface area contributed by atoms with Crippen molar-refractivity contribution in [1.82, 2.24) is 14.5 Å². The zero-order valence-electron chi connectivity index (χ0n) is 20.6. The fraction of sp³-hybridized carbons (Fsp3) is 0.185. The molecule has 184 valence electrons. The van der Waals surface area contributed by atoms with Crippen molar-refractivity contribution in [2.75, 3.05) is 35.5 Å². The predicted octanol–water partition coefficient (Wildman–Crippen LogP) is 5.86. The highest BCUT2D eigenvalue weighted by molar-refractivity contribution is 7.22. The molecule has 0 N–H and O–H groups in total. The average molecular weight is 504 g/mol. The lowest BCUT2D eigenvalue weighted by atomic mass is 10.1. The van der Waals surface area contributed by atoms with Gasteiger partial charge in [-0.05, 0) is 42.5 Å². The summed E-state index contributed by atoms with van der Waals surface area (Å²) in [5.74, 6) is 3.10. The zero-order valence-corrected chi connectivity index (χ0v) is 21.4. The van der Waals surface area contributed by atoms with E-state index in [1.165, 1.54) is 0 Å². The molecule has 5 aromatic rings. The number of rotatable bonds is 8. The molecule has 9 heteroatoms. The van der Waals surface area contributed by atoms with E-state index >= 15 is 0 Å². The third kappa shape index (κ3) is 3.97. The molecule has 0 fully saturated rings. The van der Waals surface area contributed by atoms with E-state index in [4.69, 9.17) is 28.7 Å². The van der Waals surface area contributed by atoms with Crippen LogP contribution in [0.25, 0.3) is 37.7 Å². The molecule has 36 heavy (non-hydrogen) atoms. The van der Waals surface area contributed by atoms with Crippen molar-refractivity contribution in [3.05, 3.63) is 61.1 Å². The minimum absolute atomic E-state index is 0.556. The molecule has 0 saturated carbocycles. The standard InChI is InChI=1S/C27H25N3O5S/c1-31-21-11-8-17(12-22(21)32-2)20-14-28-15-30(20)18-9-6-16(7-10-18)27-29-19-13-23(33-3)24(34-4)25(35-5)26(19)36-27/h6-15H,1-5H3. The summed E-state index contributed by atoms with van der Waals surface area (Å²) in [7, 11) is 8.06. The molecule has 0 bridgehead atoms. The number of nitrogens with zero attached hydrogens (tertiary/aromatic N) is 3. The van der Waals surface area contributed by atoms with Gasteiger partial charge in [0, 0.05) is 22.9 Å². The van der Waals surface area contributed by atoms with Crippen LogP contribution < -0.4 is 23.7 Å². The molecule has 0 saturated heterocycles. The van der Waals surface area contributed by atoms with Gasteiger partial charge in [0.15, 0.2) is 23.0 Å². The maximum atomic E-state index is 5.63. The second-order valence-electron chi connectivity index (χ2n) is 7.78. The molecule has 8 nitrogen and oxygen atoms in total. The van der Waals surface area contributed by atoms with Gasteiger partial charge in [-0.3, -0.25) is 4.57 Å². The minimum atomic E-state index is 0.556. The Morgan fingerprint density at radius 3 is 2.06 bits per heavy atom. The van der Waals surface area contributed by atoms with Gasteiger partial charge >= 0.3 is 0 Å². The van der Waals surface area contributed by atoms with Gasteiger partial charge in [0.05, 0.1) is 59.3 Å². The molecular formula is C27H25N3O5S. The summed E-state index contributed by atoms with van der Waals surface area (Å²) < 4.78 is 30.4. The Labute approximate surface area is 212 Å². The van der Waals surface area contributed by atoms with Crippen LogP contribution in [0, 0.1) is 0 Å². The summed E-state index contributed by atoms with van der Waals surface area (Å²) >= 11 is 1.54. The maximum Gasteiger partial charge on any atom is 0.204 e. The van der Waals surface area contributed by atoms with Gasteiger partial charge in [0.2, 0.25) is 5.75 Å². The zero-order chi connectivity index (χ0) is 25.2. The predicted molar refractivity (Wildman–Crippen MR) is 140 cm³/mol. The molecular weight excluding hydrogens is 478 g/mol. The lowest BCUT2D eigenvalue weighted by Crippen LogP contribution is -1.96. The van der Waals surface area contributed by atoms with Crippen LogP contribution in [0.3, 0.4) is 0 Å².